The fraction of sp³-hybridized carbons (Fsp3) is 0.526. The largest absolute Gasteiger partial charge is 0.330 e. The van der Waals surface area contributed by atoms with Crippen molar-refractivity contribution < 1.29 is 23.2 Å². The predicted molar refractivity (Wildman–Crippen MR) is 95.3 cm³/mol. The van der Waals surface area contributed by atoms with E-state index in [-0.39, 0.29) is 57.4 Å². The second kappa shape index (κ2) is 6.89. The number of likely N-dealkylation sites (tertiary alicyclic amines) is 1. The summed E-state index contributed by atoms with van der Waals surface area (Å²) < 4.78 is 28.0. The first-order valence-electron chi connectivity index (χ1n) is 9.36. The molecule has 0 aromatic heterocycles. The molecule has 3 N–H and O–H groups in total. The van der Waals surface area contributed by atoms with Crippen LogP contribution >= 0.6 is 0 Å². The van der Waals surface area contributed by atoms with Gasteiger partial charge in [-0.15, -0.1) is 0 Å². The molecule has 7 nitrogen and oxygen atoms in total. The van der Waals surface area contributed by atoms with Crippen LogP contribution in [0.1, 0.15) is 34.3 Å². The van der Waals surface area contributed by atoms with Crippen LogP contribution in [-0.4, -0.2) is 59.1 Å². The van der Waals surface area contributed by atoms with Crippen LogP contribution in [0.25, 0.3) is 0 Å². The van der Waals surface area contributed by atoms with Crippen molar-refractivity contribution in [2.45, 2.75) is 37.9 Å². The summed E-state index contributed by atoms with van der Waals surface area (Å²) in [6, 6.07) is 4.68. The van der Waals surface area contributed by atoms with E-state index < -0.39 is 23.8 Å². The molecule has 3 aliphatic heterocycles. The molecule has 2 unspecified atom stereocenters. The van der Waals surface area contributed by atoms with Gasteiger partial charge in [0.2, 0.25) is 11.8 Å². The number of alkyl halides is 2. The average Bonchev–Trinajstić information content (AvgIpc) is 3.11. The zero-order chi connectivity index (χ0) is 20.1. The van der Waals surface area contributed by atoms with E-state index in [4.69, 9.17) is 5.73 Å². The summed E-state index contributed by atoms with van der Waals surface area (Å²) in [6.45, 7) is 0.209. The summed E-state index contributed by atoms with van der Waals surface area (Å²) in [5.74, 6) is -4.82. The van der Waals surface area contributed by atoms with Crippen molar-refractivity contribution in [1.29, 1.82) is 0 Å². The topological polar surface area (TPSA) is 95.7 Å². The molecule has 1 aromatic carbocycles. The molecule has 28 heavy (non-hydrogen) atoms. The monoisotopic (exact) mass is 392 g/mol. The van der Waals surface area contributed by atoms with Crippen LogP contribution in [0.15, 0.2) is 18.2 Å². The molecule has 1 aromatic rings. The Kier molecular flexibility index (Phi) is 4.67. The van der Waals surface area contributed by atoms with Gasteiger partial charge in [0.05, 0.1) is 6.54 Å². The number of hydrogen-bond donors (Lipinski definition) is 2. The Labute approximate surface area is 160 Å². The Morgan fingerprint density at radius 3 is 2.71 bits per heavy atom. The Bertz CT molecular complexity index is 844. The van der Waals surface area contributed by atoms with Gasteiger partial charge in [-0.3, -0.25) is 24.6 Å². The number of nitrogens with zero attached hydrogens (tertiary/aromatic N) is 2. The molecule has 2 atom stereocenters. The van der Waals surface area contributed by atoms with Crippen molar-refractivity contribution in [3.05, 3.63) is 34.9 Å². The van der Waals surface area contributed by atoms with Gasteiger partial charge in [-0.25, -0.2) is 8.78 Å². The zero-order valence-corrected chi connectivity index (χ0v) is 15.3. The third kappa shape index (κ3) is 3.18. The molecule has 0 saturated carbocycles. The number of hydrogen-bond acceptors (Lipinski definition) is 5. The minimum atomic E-state index is -2.84. The fourth-order valence-electron chi connectivity index (χ4n) is 4.37. The number of nitrogens with two attached hydrogens (primary N) is 1. The summed E-state index contributed by atoms with van der Waals surface area (Å²) in [6.07, 6.45) is 0.475. The number of rotatable bonds is 4. The van der Waals surface area contributed by atoms with E-state index in [1.807, 2.05) is 6.07 Å². The van der Waals surface area contributed by atoms with Gasteiger partial charge >= 0.3 is 0 Å². The highest BCUT2D eigenvalue weighted by molar-refractivity contribution is 6.05. The molecule has 0 bridgehead atoms. The molecule has 4 rings (SSSR count). The molecule has 3 amide bonds. The quantitative estimate of drug-likeness (QED) is 0.727. The van der Waals surface area contributed by atoms with E-state index in [1.54, 1.807) is 17.0 Å². The summed E-state index contributed by atoms with van der Waals surface area (Å²) in [7, 11) is 0. The second-order valence-corrected chi connectivity index (χ2v) is 7.71. The number of imide groups is 1. The van der Waals surface area contributed by atoms with Gasteiger partial charge in [-0.05, 0) is 17.5 Å². The van der Waals surface area contributed by atoms with Gasteiger partial charge in [0.15, 0.2) is 0 Å². The lowest BCUT2D eigenvalue weighted by Gasteiger charge is -2.29. The number of carbonyl (C=O) groups excluding carboxylic acids is 3. The third-order valence-electron chi connectivity index (χ3n) is 5.83. The van der Waals surface area contributed by atoms with Crippen molar-refractivity contribution >= 4 is 17.7 Å². The maximum absolute atomic E-state index is 14.0. The van der Waals surface area contributed by atoms with Crippen molar-refractivity contribution in [3.8, 4) is 0 Å². The first-order valence-corrected chi connectivity index (χ1v) is 9.36. The summed E-state index contributed by atoms with van der Waals surface area (Å²) in [4.78, 5) is 39.7. The molecule has 3 heterocycles. The van der Waals surface area contributed by atoms with E-state index in [0.29, 0.717) is 11.1 Å². The van der Waals surface area contributed by atoms with E-state index in [1.165, 1.54) is 4.90 Å². The molecular formula is C19H22F2N4O3. The van der Waals surface area contributed by atoms with Crippen LogP contribution < -0.4 is 11.1 Å². The second-order valence-electron chi connectivity index (χ2n) is 7.71. The highest BCUT2D eigenvalue weighted by Gasteiger charge is 2.47. The van der Waals surface area contributed by atoms with E-state index >= 15 is 0 Å². The van der Waals surface area contributed by atoms with Gasteiger partial charge < -0.3 is 10.6 Å². The minimum absolute atomic E-state index is 0.0847. The highest BCUT2D eigenvalue weighted by Crippen LogP contribution is 2.35. The van der Waals surface area contributed by atoms with E-state index in [2.05, 4.69) is 5.32 Å². The zero-order valence-electron chi connectivity index (χ0n) is 15.3. The number of halogens is 2. The summed E-state index contributed by atoms with van der Waals surface area (Å²) in [5.41, 5.74) is 7.39. The number of benzene rings is 1. The maximum Gasteiger partial charge on any atom is 0.265 e. The predicted octanol–water partition coefficient (Wildman–Crippen LogP) is 0.473. The van der Waals surface area contributed by atoms with Crippen LogP contribution in [0.4, 0.5) is 8.78 Å². The smallest absolute Gasteiger partial charge is 0.265 e. The molecular weight excluding hydrogens is 370 g/mol. The minimum Gasteiger partial charge on any atom is -0.330 e. The van der Waals surface area contributed by atoms with Crippen LogP contribution in [0, 0.1) is 5.92 Å². The Hall–Kier alpha value is -2.39. The number of fused-ring (bicyclic) bond motifs is 1. The number of piperidine rings is 1. The fourth-order valence-corrected chi connectivity index (χ4v) is 4.37. The lowest BCUT2D eigenvalue weighted by molar-refractivity contribution is -0.136. The molecule has 9 heteroatoms. The highest BCUT2D eigenvalue weighted by atomic mass is 19.3. The van der Waals surface area contributed by atoms with Gasteiger partial charge in [0, 0.05) is 44.1 Å². The summed E-state index contributed by atoms with van der Waals surface area (Å²) >= 11 is 0. The van der Waals surface area contributed by atoms with Gasteiger partial charge in [0.1, 0.15) is 6.04 Å². The van der Waals surface area contributed by atoms with Crippen molar-refractivity contribution in [2.24, 2.45) is 11.7 Å². The van der Waals surface area contributed by atoms with Crippen LogP contribution in [0.2, 0.25) is 0 Å². The van der Waals surface area contributed by atoms with Gasteiger partial charge in [0.25, 0.3) is 11.8 Å². The standard InChI is InChI=1S/C19H22F2N4O3/c20-19(21)10-24(9-13(19)6-22)7-11-2-1-3-12-8-25(18(28)16(11)12)14-4-5-15(26)23-17(14)27/h1-3,13-14H,4-10,22H2,(H,23,26,27). The molecule has 0 radical (unpaired) electrons. The van der Waals surface area contributed by atoms with Crippen LogP contribution in [0.5, 0.6) is 0 Å². The first kappa shape index (κ1) is 18.9. The van der Waals surface area contributed by atoms with Crippen molar-refractivity contribution in [2.75, 3.05) is 19.6 Å². The number of nitrogens with one attached hydrogen (secondary N) is 1. The van der Waals surface area contributed by atoms with Crippen molar-refractivity contribution in [1.82, 2.24) is 15.1 Å². The number of carbonyl (C=O) groups is 3. The van der Waals surface area contributed by atoms with E-state index in [9.17, 15) is 23.2 Å². The van der Waals surface area contributed by atoms with Crippen LogP contribution in [0.3, 0.4) is 0 Å². The Morgan fingerprint density at radius 1 is 1.25 bits per heavy atom. The van der Waals surface area contributed by atoms with Crippen molar-refractivity contribution in [3.63, 3.8) is 0 Å². The maximum atomic E-state index is 14.0. The number of amides is 3. The SMILES string of the molecule is NCC1CN(Cc2cccc3c2C(=O)N(C2CCC(=O)NC2=O)C3)CC1(F)F. The molecule has 0 aliphatic carbocycles. The Morgan fingerprint density at radius 2 is 2.04 bits per heavy atom. The summed E-state index contributed by atoms with van der Waals surface area (Å²) in [5, 5.41) is 2.27. The molecule has 150 valence electrons. The molecule has 0 spiro atoms. The van der Waals surface area contributed by atoms with Gasteiger partial charge in [-0.2, -0.15) is 0 Å². The third-order valence-corrected chi connectivity index (χ3v) is 5.83. The lowest BCUT2D eigenvalue weighted by Crippen LogP contribution is -2.52. The molecule has 2 fully saturated rings. The first-order chi connectivity index (χ1) is 13.3. The molecule has 3 aliphatic rings. The van der Waals surface area contributed by atoms with E-state index in [0.717, 1.165) is 5.56 Å². The van der Waals surface area contributed by atoms with Gasteiger partial charge in [-0.1, -0.05) is 18.2 Å². The lowest BCUT2D eigenvalue weighted by atomic mass is 10.0. The normalized spacial score (nSPS) is 27.2. The van der Waals surface area contributed by atoms with Crippen LogP contribution in [-0.2, 0) is 22.7 Å². The molecule has 2 saturated heterocycles. The Balaban J connectivity index is 1.54. The average molecular weight is 392 g/mol.